The lowest BCUT2D eigenvalue weighted by Crippen LogP contribution is -2.22. The zero-order valence-corrected chi connectivity index (χ0v) is 7.48. The quantitative estimate of drug-likeness (QED) is 0.569. The van der Waals surface area contributed by atoms with Gasteiger partial charge in [-0.1, -0.05) is 0 Å². The fraction of sp³-hybridized carbons (Fsp3) is 0.375. The van der Waals surface area contributed by atoms with Gasteiger partial charge in [0.1, 0.15) is 0 Å². The standard InChI is InChI=1S/C8H9NO2S/c1-5-9-8(10)7(11-5)6-2-3-12-4-6/h2-3,5H,4H2,1H3,(H,9,10). The molecule has 1 saturated heterocycles. The molecule has 2 rings (SSSR count). The highest BCUT2D eigenvalue weighted by Gasteiger charge is 2.27. The van der Waals surface area contributed by atoms with Crippen LogP contribution in [0.4, 0.5) is 0 Å². The number of hydrogen-bond acceptors (Lipinski definition) is 3. The van der Waals surface area contributed by atoms with Gasteiger partial charge in [-0.3, -0.25) is 4.79 Å². The van der Waals surface area contributed by atoms with Crippen LogP contribution in [0.3, 0.4) is 0 Å². The number of ether oxygens (including phenoxy) is 1. The van der Waals surface area contributed by atoms with Crippen molar-refractivity contribution in [1.29, 1.82) is 0 Å². The number of carbonyl (C=O) groups is 1. The molecule has 0 bridgehead atoms. The fourth-order valence-electron chi connectivity index (χ4n) is 1.19. The van der Waals surface area contributed by atoms with Crippen LogP contribution in [0.25, 0.3) is 0 Å². The Hall–Kier alpha value is -0.900. The second-order valence-corrected chi connectivity index (χ2v) is 3.60. The van der Waals surface area contributed by atoms with Gasteiger partial charge in [0.2, 0.25) is 0 Å². The normalized spacial score (nSPS) is 33.8. The summed E-state index contributed by atoms with van der Waals surface area (Å²) in [4.78, 5) is 11.2. The second-order valence-electron chi connectivity index (χ2n) is 2.70. The molecule has 1 unspecified atom stereocenters. The highest BCUT2D eigenvalue weighted by molar-refractivity contribution is 8.02. The average molecular weight is 183 g/mol. The lowest BCUT2D eigenvalue weighted by atomic mass is 10.2. The van der Waals surface area contributed by atoms with Gasteiger partial charge >= 0.3 is 0 Å². The van der Waals surface area contributed by atoms with Gasteiger partial charge in [-0.05, 0) is 18.4 Å². The molecule has 0 aromatic heterocycles. The minimum atomic E-state index is -0.181. The molecule has 0 saturated carbocycles. The van der Waals surface area contributed by atoms with Crippen LogP contribution in [0.15, 0.2) is 22.8 Å². The molecule has 1 amide bonds. The molecule has 4 heteroatoms. The molecule has 0 aromatic rings. The molecule has 2 heterocycles. The summed E-state index contributed by atoms with van der Waals surface area (Å²) in [5, 5.41) is 4.66. The largest absolute Gasteiger partial charge is 0.465 e. The summed E-state index contributed by atoms with van der Waals surface area (Å²) in [6.45, 7) is 1.82. The van der Waals surface area contributed by atoms with Crippen molar-refractivity contribution >= 4 is 17.7 Å². The number of nitrogens with one attached hydrogen (secondary N) is 1. The monoisotopic (exact) mass is 183 g/mol. The molecule has 1 fully saturated rings. The third-order valence-corrected chi connectivity index (χ3v) is 2.54. The van der Waals surface area contributed by atoms with Crippen LogP contribution in [0.2, 0.25) is 0 Å². The van der Waals surface area contributed by atoms with Crippen LogP contribution >= 0.6 is 11.8 Å². The maximum Gasteiger partial charge on any atom is 0.289 e. The lowest BCUT2D eigenvalue weighted by molar-refractivity contribution is -0.116. The van der Waals surface area contributed by atoms with Crippen molar-refractivity contribution in [3.8, 4) is 0 Å². The number of thioether (sulfide) groups is 1. The van der Waals surface area contributed by atoms with Gasteiger partial charge in [-0.15, -0.1) is 11.8 Å². The van der Waals surface area contributed by atoms with Crippen molar-refractivity contribution < 1.29 is 9.53 Å². The van der Waals surface area contributed by atoms with Crippen molar-refractivity contribution in [3.63, 3.8) is 0 Å². The van der Waals surface area contributed by atoms with Gasteiger partial charge < -0.3 is 10.1 Å². The van der Waals surface area contributed by atoms with Crippen LogP contribution in [-0.2, 0) is 9.53 Å². The van der Waals surface area contributed by atoms with E-state index in [9.17, 15) is 4.79 Å². The molecule has 0 aromatic carbocycles. The van der Waals surface area contributed by atoms with Crippen LogP contribution in [0.5, 0.6) is 0 Å². The van der Waals surface area contributed by atoms with Crippen LogP contribution in [-0.4, -0.2) is 17.9 Å². The smallest absolute Gasteiger partial charge is 0.289 e. The fourth-order valence-corrected chi connectivity index (χ4v) is 1.95. The molecule has 2 aliphatic heterocycles. The molecular weight excluding hydrogens is 174 g/mol. The number of allylic oxidation sites excluding steroid dienone is 1. The summed E-state index contributed by atoms with van der Waals surface area (Å²) in [6, 6.07) is 0. The maximum atomic E-state index is 11.2. The van der Waals surface area contributed by atoms with E-state index < -0.39 is 0 Å². The topological polar surface area (TPSA) is 38.3 Å². The summed E-state index contributed by atoms with van der Waals surface area (Å²) in [5.74, 6) is 1.24. The van der Waals surface area contributed by atoms with Crippen molar-refractivity contribution in [2.45, 2.75) is 13.2 Å². The average Bonchev–Trinajstić information content (AvgIpc) is 2.58. The molecule has 0 aliphatic carbocycles. The molecule has 12 heavy (non-hydrogen) atoms. The first kappa shape index (κ1) is 7.73. The molecular formula is C8H9NO2S. The van der Waals surface area contributed by atoms with Crippen LogP contribution in [0, 0.1) is 0 Å². The van der Waals surface area contributed by atoms with Gasteiger partial charge in [0, 0.05) is 11.3 Å². The van der Waals surface area contributed by atoms with E-state index in [4.69, 9.17) is 4.74 Å². The van der Waals surface area contributed by atoms with Gasteiger partial charge in [0.05, 0.1) is 0 Å². The summed E-state index contributed by atoms with van der Waals surface area (Å²) in [6.07, 6.45) is 1.75. The molecule has 1 atom stereocenters. The van der Waals surface area contributed by atoms with E-state index in [0.29, 0.717) is 5.76 Å². The molecule has 64 valence electrons. The van der Waals surface area contributed by atoms with Crippen LogP contribution in [0.1, 0.15) is 6.92 Å². The first-order valence-corrected chi connectivity index (χ1v) is 4.81. The number of carbonyl (C=O) groups excluding carboxylic acids is 1. The Labute approximate surface area is 74.9 Å². The van der Waals surface area contributed by atoms with Crippen molar-refractivity contribution in [3.05, 3.63) is 22.8 Å². The molecule has 0 radical (unpaired) electrons. The predicted octanol–water partition coefficient (Wildman–Crippen LogP) is 0.993. The molecule has 1 N–H and O–H groups in total. The zero-order valence-electron chi connectivity index (χ0n) is 6.66. The van der Waals surface area contributed by atoms with E-state index in [1.54, 1.807) is 11.8 Å². The predicted molar refractivity (Wildman–Crippen MR) is 47.3 cm³/mol. The highest BCUT2D eigenvalue weighted by Crippen LogP contribution is 2.25. The van der Waals surface area contributed by atoms with Crippen molar-refractivity contribution in [2.24, 2.45) is 0 Å². The van der Waals surface area contributed by atoms with Gasteiger partial charge in [-0.25, -0.2) is 0 Å². The van der Waals surface area contributed by atoms with E-state index in [-0.39, 0.29) is 12.1 Å². The van der Waals surface area contributed by atoms with Crippen LogP contribution < -0.4 is 5.32 Å². The van der Waals surface area contributed by atoms with E-state index in [1.807, 2.05) is 18.4 Å². The van der Waals surface area contributed by atoms with Crippen molar-refractivity contribution in [2.75, 3.05) is 5.75 Å². The Morgan fingerprint density at radius 2 is 2.58 bits per heavy atom. The maximum absolute atomic E-state index is 11.2. The van der Waals surface area contributed by atoms with Gasteiger partial charge in [-0.2, -0.15) is 0 Å². The highest BCUT2D eigenvalue weighted by atomic mass is 32.2. The minimum absolute atomic E-state index is 0.0929. The number of amides is 1. The van der Waals surface area contributed by atoms with Gasteiger partial charge in [0.25, 0.3) is 5.91 Å². The lowest BCUT2D eigenvalue weighted by Gasteiger charge is -2.01. The summed E-state index contributed by atoms with van der Waals surface area (Å²) in [7, 11) is 0. The zero-order chi connectivity index (χ0) is 8.55. The number of hydrogen-bond donors (Lipinski definition) is 1. The Balaban J connectivity index is 2.28. The Bertz CT molecular complexity index is 283. The Morgan fingerprint density at radius 1 is 1.75 bits per heavy atom. The van der Waals surface area contributed by atoms with E-state index >= 15 is 0 Å². The molecule has 2 aliphatic rings. The first-order valence-electron chi connectivity index (χ1n) is 3.76. The first-order chi connectivity index (χ1) is 5.77. The molecule has 0 spiro atoms. The Kier molecular flexibility index (Phi) is 1.84. The number of rotatable bonds is 0. The summed E-state index contributed by atoms with van der Waals surface area (Å²) < 4.78 is 5.31. The SMILES string of the molecule is CC1NC(=O)C(=C2C=CSC2)O1. The second kappa shape index (κ2) is 2.86. The van der Waals surface area contributed by atoms with E-state index in [0.717, 1.165) is 11.3 Å². The van der Waals surface area contributed by atoms with Gasteiger partial charge in [0.15, 0.2) is 12.0 Å². The third-order valence-electron chi connectivity index (χ3n) is 1.73. The summed E-state index contributed by atoms with van der Waals surface area (Å²) >= 11 is 1.67. The van der Waals surface area contributed by atoms with E-state index in [1.165, 1.54) is 0 Å². The third kappa shape index (κ3) is 1.22. The Morgan fingerprint density at radius 3 is 3.08 bits per heavy atom. The summed E-state index contributed by atoms with van der Waals surface area (Å²) in [5.41, 5.74) is 0.988. The van der Waals surface area contributed by atoms with E-state index in [2.05, 4.69) is 5.32 Å². The van der Waals surface area contributed by atoms with Crippen molar-refractivity contribution in [1.82, 2.24) is 5.32 Å². The molecule has 3 nitrogen and oxygen atoms in total. The minimum Gasteiger partial charge on any atom is -0.465 e.